The molecule has 1 saturated heterocycles. The van der Waals surface area contributed by atoms with Crippen molar-refractivity contribution >= 4 is 6.09 Å². The number of amides is 1. The van der Waals surface area contributed by atoms with Crippen LogP contribution in [0.15, 0.2) is 18.2 Å². The van der Waals surface area contributed by atoms with Crippen molar-refractivity contribution in [2.24, 2.45) is 5.92 Å². The Bertz CT molecular complexity index is 587. The fraction of sp³-hybridized carbons (Fsp3) is 0.611. The lowest BCUT2D eigenvalue weighted by atomic mass is 9.93. The standard InChI is InChI=1S/C18H26N2O5/c1-23-14-2-3-16-17(10-14)25-15(12-24-16)11-20-8-5-13(6-9-20)4-7-19-18(21)22/h2-3,10,13,15,19H,4-9,11-12H2,1H3,(H,21,22)/t15-/m0/s1. The number of nitrogens with zero attached hydrogens (tertiary/aromatic N) is 1. The van der Waals surface area contributed by atoms with Crippen molar-refractivity contribution in [2.75, 3.05) is 39.9 Å². The van der Waals surface area contributed by atoms with E-state index >= 15 is 0 Å². The summed E-state index contributed by atoms with van der Waals surface area (Å²) in [6.07, 6.45) is 2.18. The molecule has 0 unspecified atom stereocenters. The Morgan fingerprint density at radius 2 is 2.16 bits per heavy atom. The third-order valence-corrected chi connectivity index (χ3v) is 4.87. The van der Waals surface area contributed by atoms with Crippen LogP contribution >= 0.6 is 0 Å². The summed E-state index contributed by atoms with van der Waals surface area (Å²) in [6, 6.07) is 5.61. The Balaban J connectivity index is 1.43. The number of fused-ring (bicyclic) bond motifs is 1. The molecule has 25 heavy (non-hydrogen) atoms. The SMILES string of the molecule is COc1ccc2c(c1)O[C@@H](CN1CCC(CCNC(=O)O)CC1)CO2. The zero-order valence-corrected chi connectivity index (χ0v) is 14.6. The molecule has 1 aromatic rings. The van der Waals surface area contributed by atoms with Crippen LogP contribution in [0, 0.1) is 5.92 Å². The van der Waals surface area contributed by atoms with E-state index in [1.54, 1.807) is 7.11 Å². The molecule has 0 aromatic heterocycles. The molecule has 1 atom stereocenters. The molecule has 0 radical (unpaired) electrons. The van der Waals surface area contributed by atoms with Gasteiger partial charge in [0.25, 0.3) is 0 Å². The van der Waals surface area contributed by atoms with Crippen LogP contribution in [0.3, 0.4) is 0 Å². The highest BCUT2D eigenvalue weighted by Crippen LogP contribution is 2.35. The fourth-order valence-corrected chi connectivity index (χ4v) is 3.44. The van der Waals surface area contributed by atoms with E-state index in [1.165, 1.54) is 0 Å². The molecule has 0 bridgehead atoms. The normalized spacial score (nSPS) is 20.9. The van der Waals surface area contributed by atoms with Crippen molar-refractivity contribution in [3.05, 3.63) is 18.2 Å². The Morgan fingerprint density at radius 3 is 2.88 bits per heavy atom. The van der Waals surface area contributed by atoms with Crippen LogP contribution in [0.1, 0.15) is 19.3 Å². The number of likely N-dealkylation sites (tertiary alicyclic amines) is 1. The average Bonchev–Trinajstić information content (AvgIpc) is 2.62. The van der Waals surface area contributed by atoms with E-state index in [2.05, 4.69) is 10.2 Å². The zero-order chi connectivity index (χ0) is 17.6. The summed E-state index contributed by atoms with van der Waals surface area (Å²) < 4.78 is 17.1. The van der Waals surface area contributed by atoms with Gasteiger partial charge in [-0.3, -0.25) is 4.90 Å². The first kappa shape index (κ1) is 17.7. The maximum atomic E-state index is 10.5. The third-order valence-electron chi connectivity index (χ3n) is 4.87. The van der Waals surface area contributed by atoms with Crippen molar-refractivity contribution in [1.29, 1.82) is 0 Å². The predicted octanol–water partition coefficient (Wildman–Crippen LogP) is 2.20. The number of rotatable bonds is 6. The van der Waals surface area contributed by atoms with Crippen molar-refractivity contribution < 1.29 is 24.1 Å². The smallest absolute Gasteiger partial charge is 0.404 e. The van der Waals surface area contributed by atoms with Gasteiger partial charge in [0.2, 0.25) is 0 Å². The number of nitrogens with one attached hydrogen (secondary N) is 1. The van der Waals surface area contributed by atoms with Gasteiger partial charge in [-0.15, -0.1) is 0 Å². The van der Waals surface area contributed by atoms with E-state index in [-0.39, 0.29) is 6.10 Å². The van der Waals surface area contributed by atoms with E-state index in [0.717, 1.165) is 56.1 Å². The van der Waals surface area contributed by atoms with Crippen molar-refractivity contribution in [3.63, 3.8) is 0 Å². The minimum atomic E-state index is -0.941. The highest BCUT2D eigenvalue weighted by molar-refractivity contribution is 5.64. The van der Waals surface area contributed by atoms with Crippen LogP contribution in [0.4, 0.5) is 4.79 Å². The third kappa shape index (κ3) is 4.92. The summed E-state index contributed by atoms with van der Waals surface area (Å²) in [5, 5.41) is 11.1. The fourth-order valence-electron chi connectivity index (χ4n) is 3.44. The molecular weight excluding hydrogens is 324 g/mol. The molecular formula is C18H26N2O5. The van der Waals surface area contributed by atoms with Crippen LogP contribution in [0.25, 0.3) is 0 Å². The van der Waals surface area contributed by atoms with E-state index in [4.69, 9.17) is 19.3 Å². The lowest BCUT2D eigenvalue weighted by Gasteiger charge is -2.35. The molecule has 1 aromatic carbocycles. The Hall–Kier alpha value is -2.15. The number of piperidine rings is 1. The molecule has 2 N–H and O–H groups in total. The molecule has 0 spiro atoms. The zero-order valence-electron chi connectivity index (χ0n) is 14.6. The van der Waals surface area contributed by atoms with Crippen molar-refractivity contribution in [3.8, 4) is 17.2 Å². The van der Waals surface area contributed by atoms with E-state index in [1.807, 2.05) is 18.2 Å². The van der Waals surface area contributed by atoms with Gasteiger partial charge < -0.3 is 24.6 Å². The summed E-state index contributed by atoms with van der Waals surface area (Å²) in [5.74, 6) is 2.86. The molecule has 1 amide bonds. The second kappa shape index (κ2) is 8.29. The molecule has 2 aliphatic rings. The number of hydrogen-bond donors (Lipinski definition) is 2. The van der Waals surface area contributed by atoms with Gasteiger partial charge in [-0.05, 0) is 50.4 Å². The lowest BCUT2D eigenvalue weighted by molar-refractivity contribution is 0.0470. The van der Waals surface area contributed by atoms with E-state index < -0.39 is 6.09 Å². The van der Waals surface area contributed by atoms with Crippen LogP contribution in [-0.4, -0.2) is 62.1 Å². The monoisotopic (exact) mass is 350 g/mol. The number of ether oxygens (including phenoxy) is 3. The predicted molar refractivity (Wildman–Crippen MR) is 92.7 cm³/mol. The molecule has 2 aliphatic heterocycles. The summed E-state index contributed by atoms with van der Waals surface area (Å²) in [7, 11) is 1.64. The van der Waals surface area contributed by atoms with Gasteiger partial charge in [0.15, 0.2) is 11.5 Å². The topological polar surface area (TPSA) is 80.3 Å². The molecule has 3 rings (SSSR count). The average molecular weight is 350 g/mol. The highest BCUT2D eigenvalue weighted by atomic mass is 16.6. The van der Waals surface area contributed by atoms with Gasteiger partial charge >= 0.3 is 6.09 Å². The van der Waals surface area contributed by atoms with Gasteiger partial charge in [0, 0.05) is 19.2 Å². The highest BCUT2D eigenvalue weighted by Gasteiger charge is 2.26. The molecule has 2 heterocycles. The lowest BCUT2D eigenvalue weighted by Crippen LogP contribution is -2.44. The summed E-state index contributed by atoms with van der Waals surface area (Å²) in [5.41, 5.74) is 0. The molecule has 0 saturated carbocycles. The van der Waals surface area contributed by atoms with Crippen molar-refractivity contribution in [1.82, 2.24) is 10.2 Å². The first-order valence-corrected chi connectivity index (χ1v) is 8.80. The molecule has 7 nitrogen and oxygen atoms in total. The molecule has 7 heteroatoms. The van der Waals surface area contributed by atoms with Crippen molar-refractivity contribution in [2.45, 2.75) is 25.4 Å². The maximum Gasteiger partial charge on any atom is 0.404 e. The Morgan fingerprint density at radius 1 is 1.36 bits per heavy atom. The molecule has 138 valence electrons. The number of carboxylic acid groups (broad SMARTS) is 1. The number of methoxy groups -OCH3 is 1. The minimum absolute atomic E-state index is 0.0184. The summed E-state index contributed by atoms with van der Waals surface area (Å²) in [6.45, 7) is 3.97. The summed E-state index contributed by atoms with van der Waals surface area (Å²) in [4.78, 5) is 12.9. The van der Waals surface area contributed by atoms with Crippen LogP contribution < -0.4 is 19.5 Å². The minimum Gasteiger partial charge on any atom is -0.497 e. The van der Waals surface area contributed by atoms with Gasteiger partial charge in [-0.1, -0.05) is 0 Å². The number of carbonyl (C=O) groups is 1. The van der Waals surface area contributed by atoms with E-state index in [9.17, 15) is 4.79 Å². The largest absolute Gasteiger partial charge is 0.497 e. The van der Waals surface area contributed by atoms with Crippen LogP contribution in [-0.2, 0) is 0 Å². The first-order chi connectivity index (χ1) is 12.1. The molecule has 0 aliphatic carbocycles. The second-order valence-corrected chi connectivity index (χ2v) is 6.63. The van der Waals surface area contributed by atoms with Gasteiger partial charge in [0.1, 0.15) is 18.5 Å². The van der Waals surface area contributed by atoms with Gasteiger partial charge in [-0.2, -0.15) is 0 Å². The Labute approximate surface area is 147 Å². The number of benzene rings is 1. The summed E-state index contributed by atoms with van der Waals surface area (Å²) >= 11 is 0. The van der Waals surface area contributed by atoms with E-state index in [0.29, 0.717) is 19.1 Å². The maximum absolute atomic E-state index is 10.5. The number of hydrogen-bond acceptors (Lipinski definition) is 5. The first-order valence-electron chi connectivity index (χ1n) is 8.80. The van der Waals surface area contributed by atoms with Gasteiger partial charge in [0.05, 0.1) is 7.11 Å². The van der Waals surface area contributed by atoms with Crippen LogP contribution in [0.2, 0.25) is 0 Å². The molecule has 1 fully saturated rings. The second-order valence-electron chi connectivity index (χ2n) is 6.63. The Kier molecular flexibility index (Phi) is 5.86. The van der Waals surface area contributed by atoms with Gasteiger partial charge in [-0.25, -0.2) is 4.79 Å². The van der Waals surface area contributed by atoms with Crippen LogP contribution in [0.5, 0.6) is 17.2 Å². The quantitative estimate of drug-likeness (QED) is 0.819.